The number of benzene rings is 3. The standard InChI is InChI=1S/C30H26N2O5S/c1-4-37-29(34)25-26(20-9-6-5-7-10-20)31-30-32(27(25)21-11-8-12-23(18-21)36-3)28(33)24(38-30)17-19-13-15-22(35-2)16-14-19/h5-18,27H,4H2,1-3H3/b24-17-/t27-/m0/s1. The smallest absolute Gasteiger partial charge is 0.338 e. The number of hydrogen-bond donors (Lipinski definition) is 0. The molecule has 0 saturated carbocycles. The maximum atomic E-state index is 13.9. The Morgan fingerprint density at radius 1 is 0.974 bits per heavy atom. The van der Waals surface area contributed by atoms with Crippen molar-refractivity contribution in [2.75, 3.05) is 20.8 Å². The van der Waals surface area contributed by atoms with Gasteiger partial charge in [0.1, 0.15) is 11.5 Å². The molecule has 1 aliphatic heterocycles. The van der Waals surface area contributed by atoms with E-state index >= 15 is 0 Å². The Morgan fingerprint density at radius 2 is 1.71 bits per heavy atom. The molecule has 8 heteroatoms. The Hall–Kier alpha value is -4.43. The molecule has 192 valence electrons. The Bertz CT molecular complexity index is 1690. The van der Waals surface area contributed by atoms with Crippen LogP contribution in [-0.2, 0) is 9.53 Å². The molecule has 0 amide bonds. The number of esters is 1. The number of hydrogen-bond acceptors (Lipinski definition) is 7. The van der Waals surface area contributed by atoms with Crippen molar-refractivity contribution in [3.63, 3.8) is 0 Å². The summed E-state index contributed by atoms with van der Waals surface area (Å²) in [6.45, 7) is 1.95. The molecule has 0 aliphatic carbocycles. The molecule has 7 nitrogen and oxygen atoms in total. The summed E-state index contributed by atoms with van der Waals surface area (Å²) in [5.74, 6) is 0.824. The number of fused-ring (bicyclic) bond motifs is 1. The van der Waals surface area contributed by atoms with E-state index in [0.717, 1.165) is 16.9 Å². The van der Waals surface area contributed by atoms with Crippen molar-refractivity contribution in [1.82, 2.24) is 4.57 Å². The fourth-order valence-electron chi connectivity index (χ4n) is 4.42. The van der Waals surface area contributed by atoms with Crippen molar-refractivity contribution in [3.05, 3.63) is 121 Å². The summed E-state index contributed by atoms with van der Waals surface area (Å²) in [6.07, 6.45) is 1.82. The normalized spacial score (nSPS) is 15.0. The molecule has 5 rings (SSSR count). The molecule has 2 heterocycles. The van der Waals surface area contributed by atoms with Gasteiger partial charge in [-0.3, -0.25) is 9.36 Å². The number of carbonyl (C=O) groups excluding carboxylic acids is 1. The van der Waals surface area contributed by atoms with Gasteiger partial charge in [-0.2, -0.15) is 0 Å². The third-order valence-electron chi connectivity index (χ3n) is 6.20. The van der Waals surface area contributed by atoms with E-state index in [1.165, 1.54) is 11.3 Å². The van der Waals surface area contributed by atoms with E-state index in [9.17, 15) is 9.59 Å². The van der Waals surface area contributed by atoms with Crippen LogP contribution in [0.4, 0.5) is 0 Å². The van der Waals surface area contributed by atoms with E-state index in [0.29, 0.717) is 31.9 Å². The van der Waals surface area contributed by atoms with E-state index in [1.54, 1.807) is 25.7 Å². The highest BCUT2D eigenvalue weighted by Gasteiger charge is 2.35. The molecule has 1 aliphatic rings. The summed E-state index contributed by atoms with van der Waals surface area (Å²) < 4.78 is 18.3. The van der Waals surface area contributed by atoms with Gasteiger partial charge in [0.15, 0.2) is 4.80 Å². The van der Waals surface area contributed by atoms with Crippen molar-refractivity contribution in [2.45, 2.75) is 13.0 Å². The molecule has 0 fully saturated rings. The van der Waals surface area contributed by atoms with Crippen LogP contribution in [-0.4, -0.2) is 31.4 Å². The van der Waals surface area contributed by atoms with Crippen LogP contribution in [0.5, 0.6) is 11.5 Å². The van der Waals surface area contributed by atoms with Gasteiger partial charge in [-0.1, -0.05) is 65.9 Å². The predicted octanol–water partition coefficient (Wildman–Crippen LogP) is 3.95. The Balaban J connectivity index is 1.81. The number of carbonyl (C=O) groups is 1. The number of nitrogens with zero attached hydrogens (tertiary/aromatic N) is 2. The van der Waals surface area contributed by atoms with Gasteiger partial charge < -0.3 is 14.2 Å². The Morgan fingerprint density at radius 3 is 2.39 bits per heavy atom. The van der Waals surface area contributed by atoms with Crippen LogP contribution in [0.15, 0.2) is 94.2 Å². The van der Waals surface area contributed by atoms with Crippen LogP contribution in [0.3, 0.4) is 0 Å². The lowest BCUT2D eigenvalue weighted by molar-refractivity contribution is -0.138. The summed E-state index contributed by atoms with van der Waals surface area (Å²) in [4.78, 5) is 32.7. The molecular weight excluding hydrogens is 500 g/mol. The summed E-state index contributed by atoms with van der Waals surface area (Å²) >= 11 is 1.28. The lowest BCUT2D eigenvalue weighted by atomic mass is 9.93. The fourth-order valence-corrected chi connectivity index (χ4v) is 5.42. The lowest BCUT2D eigenvalue weighted by Crippen LogP contribution is -2.40. The average Bonchev–Trinajstić information content (AvgIpc) is 3.27. The zero-order valence-electron chi connectivity index (χ0n) is 21.2. The molecule has 38 heavy (non-hydrogen) atoms. The van der Waals surface area contributed by atoms with Gasteiger partial charge in [-0.15, -0.1) is 0 Å². The van der Waals surface area contributed by atoms with Gasteiger partial charge in [-0.05, 0) is 48.4 Å². The topological polar surface area (TPSA) is 79.1 Å². The SMILES string of the molecule is CCOC(=O)C1=C(c2ccccc2)N=c2s/c(=C\c3ccc(OC)cc3)c(=O)n2[C@H]1c1cccc(OC)c1. The molecule has 0 spiro atoms. The molecule has 0 radical (unpaired) electrons. The van der Waals surface area contributed by atoms with Crippen LogP contribution < -0.4 is 24.4 Å². The molecule has 4 aromatic rings. The number of ether oxygens (including phenoxy) is 3. The molecule has 0 bridgehead atoms. The number of rotatable bonds is 7. The van der Waals surface area contributed by atoms with E-state index in [2.05, 4.69) is 0 Å². The van der Waals surface area contributed by atoms with Crippen LogP contribution in [0.1, 0.15) is 29.7 Å². The second-order valence-electron chi connectivity index (χ2n) is 8.48. The van der Waals surface area contributed by atoms with Crippen molar-refractivity contribution < 1.29 is 19.0 Å². The van der Waals surface area contributed by atoms with Crippen LogP contribution in [0, 0.1) is 0 Å². The van der Waals surface area contributed by atoms with Gasteiger partial charge in [0.05, 0.1) is 42.7 Å². The highest BCUT2D eigenvalue weighted by Crippen LogP contribution is 2.36. The van der Waals surface area contributed by atoms with E-state index in [4.69, 9.17) is 19.2 Å². The van der Waals surface area contributed by atoms with Crippen molar-refractivity contribution in [3.8, 4) is 11.5 Å². The summed E-state index contributed by atoms with van der Waals surface area (Å²) in [7, 11) is 3.19. The minimum Gasteiger partial charge on any atom is -0.497 e. The predicted molar refractivity (Wildman–Crippen MR) is 147 cm³/mol. The minimum absolute atomic E-state index is 0.192. The van der Waals surface area contributed by atoms with Crippen molar-refractivity contribution in [1.29, 1.82) is 0 Å². The first kappa shape index (κ1) is 25.2. The second kappa shape index (κ2) is 10.9. The summed E-state index contributed by atoms with van der Waals surface area (Å²) in [5, 5.41) is 0. The Kier molecular flexibility index (Phi) is 7.24. The van der Waals surface area contributed by atoms with Crippen LogP contribution in [0.25, 0.3) is 11.8 Å². The molecule has 0 N–H and O–H groups in total. The van der Waals surface area contributed by atoms with E-state index < -0.39 is 12.0 Å². The molecule has 1 atom stereocenters. The van der Waals surface area contributed by atoms with Gasteiger partial charge in [0, 0.05) is 5.56 Å². The van der Waals surface area contributed by atoms with Gasteiger partial charge >= 0.3 is 5.97 Å². The van der Waals surface area contributed by atoms with Crippen molar-refractivity contribution >= 4 is 29.1 Å². The quantitative estimate of drug-likeness (QED) is 0.341. The minimum atomic E-state index is -0.756. The average molecular weight is 527 g/mol. The lowest BCUT2D eigenvalue weighted by Gasteiger charge is -2.26. The third kappa shape index (κ3) is 4.78. The highest BCUT2D eigenvalue weighted by atomic mass is 32.1. The van der Waals surface area contributed by atoms with Gasteiger partial charge in [-0.25, -0.2) is 9.79 Å². The fraction of sp³-hybridized carbons (Fsp3) is 0.167. The Labute approximate surface area is 223 Å². The zero-order chi connectivity index (χ0) is 26.6. The van der Waals surface area contributed by atoms with Gasteiger partial charge in [0.2, 0.25) is 0 Å². The summed E-state index contributed by atoms with van der Waals surface area (Å²) in [5.41, 5.74) is 2.86. The molecule has 0 unspecified atom stereocenters. The highest BCUT2D eigenvalue weighted by molar-refractivity contribution is 7.07. The van der Waals surface area contributed by atoms with Crippen LogP contribution in [0.2, 0.25) is 0 Å². The first-order valence-electron chi connectivity index (χ1n) is 12.1. The van der Waals surface area contributed by atoms with Crippen molar-refractivity contribution in [2.24, 2.45) is 4.99 Å². The van der Waals surface area contributed by atoms with Crippen LogP contribution >= 0.6 is 11.3 Å². The molecule has 0 saturated heterocycles. The number of aromatic nitrogens is 1. The molecule has 3 aromatic carbocycles. The maximum Gasteiger partial charge on any atom is 0.338 e. The second-order valence-corrected chi connectivity index (χ2v) is 9.49. The summed E-state index contributed by atoms with van der Waals surface area (Å²) in [6, 6.07) is 23.5. The first-order valence-corrected chi connectivity index (χ1v) is 12.9. The molecular formula is C30H26N2O5S. The third-order valence-corrected chi connectivity index (χ3v) is 7.18. The van der Waals surface area contributed by atoms with Gasteiger partial charge in [0.25, 0.3) is 5.56 Å². The van der Waals surface area contributed by atoms with E-state index in [-0.39, 0.29) is 12.2 Å². The number of thiazole rings is 1. The first-order chi connectivity index (χ1) is 18.5. The monoisotopic (exact) mass is 526 g/mol. The largest absolute Gasteiger partial charge is 0.497 e. The molecule has 1 aromatic heterocycles. The zero-order valence-corrected chi connectivity index (χ0v) is 22.0. The number of methoxy groups -OCH3 is 2. The maximum absolute atomic E-state index is 13.9. The van der Waals surface area contributed by atoms with E-state index in [1.807, 2.05) is 84.9 Å².